The fourth-order valence-corrected chi connectivity index (χ4v) is 6.67. The lowest BCUT2D eigenvalue weighted by atomic mass is 9.99. The zero-order valence-electron chi connectivity index (χ0n) is 13.1. The van der Waals surface area contributed by atoms with Crippen LogP contribution in [-0.2, 0) is 14.8 Å². The molecule has 1 amide bonds. The van der Waals surface area contributed by atoms with E-state index < -0.39 is 10.0 Å². The first-order chi connectivity index (χ1) is 11.9. The maximum Gasteiger partial charge on any atom is 0.252 e. The van der Waals surface area contributed by atoms with Crippen LogP contribution >= 0.6 is 43.2 Å². The Bertz CT molecular complexity index is 866. The van der Waals surface area contributed by atoms with Gasteiger partial charge in [-0.1, -0.05) is 15.9 Å². The van der Waals surface area contributed by atoms with Gasteiger partial charge in [0.1, 0.15) is 4.21 Å². The molecule has 3 rings (SSSR count). The van der Waals surface area contributed by atoms with E-state index in [1.54, 1.807) is 12.1 Å². The fourth-order valence-electron chi connectivity index (χ4n) is 2.72. The molecule has 5 nitrogen and oxygen atoms in total. The summed E-state index contributed by atoms with van der Waals surface area (Å²) in [5, 5.41) is 2.87. The number of piperidine rings is 1. The molecule has 0 bridgehead atoms. The van der Waals surface area contributed by atoms with Crippen LogP contribution in [0.2, 0.25) is 0 Å². The van der Waals surface area contributed by atoms with Crippen molar-refractivity contribution in [1.29, 1.82) is 0 Å². The lowest BCUT2D eigenvalue weighted by Crippen LogP contribution is -2.43. The van der Waals surface area contributed by atoms with E-state index >= 15 is 0 Å². The molecule has 25 heavy (non-hydrogen) atoms. The molecule has 1 N–H and O–H groups in total. The fraction of sp³-hybridized carbons (Fsp3) is 0.312. The first-order valence-electron chi connectivity index (χ1n) is 7.68. The van der Waals surface area contributed by atoms with Gasteiger partial charge < -0.3 is 5.32 Å². The summed E-state index contributed by atoms with van der Waals surface area (Å²) in [7, 11) is -3.55. The number of sulfonamides is 1. The number of carbonyl (C=O) groups is 1. The van der Waals surface area contributed by atoms with E-state index in [2.05, 4.69) is 37.2 Å². The lowest BCUT2D eigenvalue weighted by molar-refractivity contribution is -0.120. The van der Waals surface area contributed by atoms with E-state index in [0.717, 1.165) is 8.26 Å². The van der Waals surface area contributed by atoms with Crippen molar-refractivity contribution in [3.05, 3.63) is 44.7 Å². The van der Waals surface area contributed by atoms with Crippen LogP contribution in [0.5, 0.6) is 0 Å². The van der Waals surface area contributed by atoms with Gasteiger partial charge in [-0.05, 0) is 65.2 Å². The van der Waals surface area contributed by atoms with E-state index in [4.69, 9.17) is 0 Å². The number of benzene rings is 1. The van der Waals surface area contributed by atoms with Gasteiger partial charge in [-0.15, -0.1) is 11.3 Å². The van der Waals surface area contributed by atoms with Gasteiger partial charge in [0, 0.05) is 23.2 Å². The van der Waals surface area contributed by atoms with Gasteiger partial charge in [0.05, 0.1) is 9.70 Å². The molecule has 0 unspecified atom stereocenters. The molecule has 2 heterocycles. The minimum Gasteiger partial charge on any atom is -0.326 e. The molecule has 0 radical (unpaired) electrons. The Morgan fingerprint density at radius 1 is 1.16 bits per heavy atom. The number of hydrogen-bond acceptors (Lipinski definition) is 4. The van der Waals surface area contributed by atoms with Gasteiger partial charge in [-0.2, -0.15) is 4.31 Å². The maximum atomic E-state index is 12.7. The predicted octanol–water partition coefficient (Wildman–Crippen LogP) is 4.31. The van der Waals surface area contributed by atoms with Crippen molar-refractivity contribution >= 4 is 64.8 Å². The number of carbonyl (C=O) groups excluding carboxylic acids is 1. The summed E-state index contributed by atoms with van der Waals surface area (Å²) < 4.78 is 28.9. The molecule has 1 fully saturated rings. The van der Waals surface area contributed by atoms with Crippen molar-refractivity contribution in [2.24, 2.45) is 5.92 Å². The molecule has 0 spiro atoms. The summed E-state index contributed by atoms with van der Waals surface area (Å²) in [4.78, 5) is 12.5. The molecular weight excluding hydrogens is 492 g/mol. The minimum absolute atomic E-state index is 0.144. The molecule has 9 heteroatoms. The number of anilines is 1. The highest BCUT2D eigenvalue weighted by atomic mass is 79.9. The van der Waals surface area contributed by atoms with Crippen LogP contribution in [-0.4, -0.2) is 31.7 Å². The SMILES string of the molecule is O=C(Nc1ccc(Br)cc1)[C@H]1CCCN(S(=O)(=O)c2ccc(Br)s2)C1. The van der Waals surface area contributed by atoms with Crippen molar-refractivity contribution in [2.45, 2.75) is 17.1 Å². The molecule has 1 atom stereocenters. The highest BCUT2D eigenvalue weighted by Gasteiger charge is 2.34. The molecule has 0 aliphatic carbocycles. The Hall–Kier alpha value is -0.740. The number of halogens is 2. The average Bonchev–Trinajstić information content (AvgIpc) is 3.04. The molecule has 1 aliphatic rings. The van der Waals surface area contributed by atoms with Crippen molar-refractivity contribution in [3.63, 3.8) is 0 Å². The molecule has 2 aromatic rings. The molecule has 1 aromatic carbocycles. The van der Waals surface area contributed by atoms with Gasteiger partial charge in [0.2, 0.25) is 5.91 Å². The Labute approximate surface area is 167 Å². The zero-order valence-corrected chi connectivity index (χ0v) is 17.9. The number of thiophene rings is 1. The van der Waals surface area contributed by atoms with Crippen LogP contribution in [0.1, 0.15) is 12.8 Å². The van der Waals surface area contributed by atoms with E-state index in [1.165, 1.54) is 15.6 Å². The monoisotopic (exact) mass is 506 g/mol. The smallest absolute Gasteiger partial charge is 0.252 e. The quantitative estimate of drug-likeness (QED) is 0.670. The Kier molecular flexibility index (Phi) is 5.99. The van der Waals surface area contributed by atoms with Gasteiger partial charge >= 0.3 is 0 Å². The maximum absolute atomic E-state index is 12.7. The Balaban J connectivity index is 1.70. The first kappa shape index (κ1) is 19.0. The summed E-state index contributed by atoms with van der Waals surface area (Å²) in [5.41, 5.74) is 0.704. The second-order valence-corrected chi connectivity index (χ2v) is 11.3. The minimum atomic E-state index is -3.55. The summed E-state index contributed by atoms with van der Waals surface area (Å²) in [5.74, 6) is -0.495. The lowest BCUT2D eigenvalue weighted by Gasteiger charge is -2.30. The third kappa shape index (κ3) is 4.51. The standard InChI is InChI=1S/C16H16Br2N2O3S2/c17-12-3-5-13(6-4-12)19-16(21)11-2-1-9-20(10-11)25(22,23)15-8-7-14(18)24-15/h3-8,11H,1-2,9-10H2,(H,19,21)/t11-/m0/s1. The second kappa shape index (κ2) is 7.87. The number of nitrogens with one attached hydrogen (secondary N) is 1. The summed E-state index contributed by atoms with van der Waals surface area (Å²) in [6, 6.07) is 10.6. The van der Waals surface area contributed by atoms with Gasteiger partial charge in [0.25, 0.3) is 10.0 Å². The Morgan fingerprint density at radius 3 is 2.52 bits per heavy atom. The third-order valence-corrected chi connectivity index (χ3v) is 8.49. The van der Waals surface area contributed by atoms with Crippen LogP contribution in [0, 0.1) is 5.92 Å². The molecular formula is C16H16Br2N2O3S2. The Morgan fingerprint density at radius 2 is 1.88 bits per heavy atom. The highest BCUT2D eigenvalue weighted by molar-refractivity contribution is 9.11. The number of rotatable bonds is 4. The zero-order chi connectivity index (χ0) is 18.0. The summed E-state index contributed by atoms with van der Waals surface area (Å²) in [6.07, 6.45) is 1.35. The molecule has 1 aromatic heterocycles. The van der Waals surface area contributed by atoms with Crippen LogP contribution in [0.25, 0.3) is 0 Å². The summed E-state index contributed by atoms with van der Waals surface area (Å²) in [6.45, 7) is 0.653. The van der Waals surface area contributed by atoms with Crippen LogP contribution in [0.15, 0.2) is 48.9 Å². The van der Waals surface area contributed by atoms with Crippen LogP contribution in [0.3, 0.4) is 0 Å². The number of hydrogen-bond donors (Lipinski definition) is 1. The third-order valence-electron chi connectivity index (χ3n) is 4.01. The summed E-state index contributed by atoms with van der Waals surface area (Å²) >= 11 is 7.83. The van der Waals surface area contributed by atoms with Crippen molar-refractivity contribution in [3.8, 4) is 0 Å². The second-order valence-electron chi connectivity index (χ2n) is 5.76. The first-order valence-corrected chi connectivity index (χ1v) is 11.5. The molecule has 134 valence electrons. The van der Waals surface area contributed by atoms with Crippen molar-refractivity contribution < 1.29 is 13.2 Å². The number of nitrogens with zero attached hydrogens (tertiary/aromatic N) is 1. The van der Waals surface area contributed by atoms with E-state index in [0.29, 0.717) is 29.3 Å². The predicted molar refractivity (Wildman–Crippen MR) is 106 cm³/mol. The average molecular weight is 508 g/mol. The highest BCUT2D eigenvalue weighted by Crippen LogP contribution is 2.31. The van der Waals surface area contributed by atoms with E-state index in [1.807, 2.05) is 24.3 Å². The largest absolute Gasteiger partial charge is 0.326 e. The van der Waals surface area contributed by atoms with Crippen molar-refractivity contribution in [1.82, 2.24) is 4.31 Å². The van der Waals surface area contributed by atoms with Crippen molar-refractivity contribution in [2.75, 3.05) is 18.4 Å². The van der Waals surface area contributed by atoms with Crippen LogP contribution < -0.4 is 5.32 Å². The van der Waals surface area contributed by atoms with Gasteiger partial charge in [-0.3, -0.25) is 4.79 Å². The van der Waals surface area contributed by atoms with Gasteiger partial charge in [0.15, 0.2) is 0 Å². The topological polar surface area (TPSA) is 66.5 Å². The molecule has 0 saturated carbocycles. The van der Waals surface area contributed by atoms with E-state index in [9.17, 15) is 13.2 Å². The molecule has 1 aliphatic heterocycles. The normalized spacial score (nSPS) is 18.9. The van der Waals surface area contributed by atoms with Gasteiger partial charge in [-0.25, -0.2) is 8.42 Å². The van der Waals surface area contributed by atoms with Crippen LogP contribution in [0.4, 0.5) is 5.69 Å². The number of amides is 1. The molecule has 1 saturated heterocycles. The van der Waals surface area contributed by atoms with E-state index in [-0.39, 0.29) is 18.4 Å².